The lowest BCUT2D eigenvalue weighted by Gasteiger charge is -2.20. The summed E-state index contributed by atoms with van der Waals surface area (Å²) in [5.74, 6) is 1.78. The van der Waals surface area contributed by atoms with Crippen LogP contribution >= 0.6 is 12.2 Å². The van der Waals surface area contributed by atoms with Gasteiger partial charge in [-0.3, -0.25) is 5.43 Å². The summed E-state index contributed by atoms with van der Waals surface area (Å²) in [6.45, 7) is 4.03. The van der Waals surface area contributed by atoms with Crippen LogP contribution in [0.15, 0.2) is 59.7 Å². The van der Waals surface area contributed by atoms with Crippen molar-refractivity contribution in [3.63, 3.8) is 0 Å². The minimum atomic E-state index is 0.386. The third kappa shape index (κ3) is 4.69. The highest BCUT2D eigenvalue weighted by molar-refractivity contribution is 7.80. The number of benzene rings is 2. The molecule has 4 rings (SSSR count). The molecule has 31 heavy (non-hydrogen) atoms. The molecule has 0 radical (unpaired) electrons. The van der Waals surface area contributed by atoms with Crippen molar-refractivity contribution in [3.8, 4) is 11.4 Å². The SMILES string of the molecule is COc1ccccc1NC(=S)NN=Cc1c(C)nn(-c2ccccc2)c1N1CCCC1. The third-order valence-corrected chi connectivity index (χ3v) is 5.40. The maximum absolute atomic E-state index is 5.39. The van der Waals surface area contributed by atoms with Crippen LogP contribution in [0.3, 0.4) is 0 Å². The van der Waals surface area contributed by atoms with Gasteiger partial charge < -0.3 is 15.0 Å². The van der Waals surface area contributed by atoms with Gasteiger partial charge in [0.2, 0.25) is 0 Å². The molecule has 1 aliphatic heterocycles. The van der Waals surface area contributed by atoms with Crippen molar-refractivity contribution in [1.82, 2.24) is 15.2 Å². The van der Waals surface area contributed by atoms with E-state index < -0.39 is 0 Å². The van der Waals surface area contributed by atoms with Crippen LogP contribution in [0.4, 0.5) is 11.5 Å². The Morgan fingerprint density at radius 3 is 2.55 bits per heavy atom. The summed E-state index contributed by atoms with van der Waals surface area (Å²) in [6.07, 6.45) is 4.16. The van der Waals surface area contributed by atoms with E-state index in [9.17, 15) is 0 Å². The minimum absolute atomic E-state index is 0.386. The van der Waals surface area contributed by atoms with Gasteiger partial charge in [-0.15, -0.1) is 0 Å². The highest BCUT2D eigenvalue weighted by Crippen LogP contribution is 2.29. The van der Waals surface area contributed by atoms with Crippen LogP contribution in [0.1, 0.15) is 24.1 Å². The third-order valence-electron chi connectivity index (χ3n) is 5.20. The van der Waals surface area contributed by atoms with Crippen LogP contribution in [-0.4, -0.2) is 41.3 Å². The first-order chi connectivity index (χ1) is 15.2. The summed E-state index contributed by atoms with van der Waals surface area (Å²) in [6, 6.07) is 17.8. The Morgan fingerprint density at radius 1 is 1.10 bits per heavy atom. The number of para-hydroxylation sites is 3. The van der Waals surface area contributed by atoms with Crippen LogP contribution in [-0.2, 0) is 0 Å². The fraction of sp³-hybridized carbons (Fsp3) is 0.261. The quantitative estimate of drug-likeness (QED) is 0.346. The van der Waals surface area contributed by atoms with Crippen molar-refractivity contribution < 1.29 is 4.74 Å². The smallest absolute Gasteiger partial charge is 0.191 e. The number of thiocarbonyl (C=S) groups is 1. The standard InChI is InChI=1S/C23H26N6OS/c1-17-19(16-24-26-23(31)25-20-12-6-7-13-21(20)30-2)22(28-14-8-9-15-28)29(27-17)18-10-4-3-5-11-18/h3-7,10-13,16H,8-9,14-15H2,1-2H3,(H2,25,26,31). The van der Waals surface area contributed by atoms with E-state index >= 15 is 0 Å². The number of aryl methyl sites for hydroxylation is 1. The molecule has 0 amide bonds. The number of hydrazone groups is 1. The second-order valence-corrected chi connectivity index (χ2v) is 7.70. The van der Waals surface area contributed by atoms with Gasteiger partial charge in [0.05, 0.1) is 36.0 Å². The zero-order valence-electron chi connectivity index (χ0n) is 17.7. The number of hydrogen-bond donors (Lipinski definition) is 2. The fourth-order valence-corrected chi connectivity index (χ4v) is 3.88. The Hall–Kier alpha value is -3.39. The van der Waals surface area contributed by atoms with Crippen molar-refractivity contribution >= 4 is 35.1 Å². The molecule has 0 bridgehead atoms. The van der Waals surface area contributed by atoms with Crippen LogP contribution in [0, 0.1) is 6.92 Å². The first kappa shape index (κ1) is 20.9. The predicted octanol–water partition coefficient (Wildman–Crippen LogP) is 4.11. The highest BCUT2D eigenvalue weighted by atomic mass is 32.1. The number of methoxy groups -OCH3 is 1. The summed E-state index contributed by atoms with van der Waals surface area (Å²) in [5.41, 5.74) is 6.62. The zero-order valence-corrected chi connectivity index (χ0v) is 18.5. The first-order valence-corrected chi connectivity index (χ1v) is 10.7. The van der Waals surface area contributed by atoms with E-state index in [0.717, 1.165) is 41.5 Å². The number of ether oxygens (including phenoxy) is 1. The minimum Gasteiger partial charge on any atom is -0.495 e. The van der Waals surface area contributed by atoms with E-state index in [1.807, 2.05) is 54.1 Å². The number of anilines is 2. The van der Waals surface area contributed by atoms with Gasteiger partial charge in [-0.25, -0.2) is 4.68 Å². The number of rotatable bonds is 6. The first-order valence-electron chi connectivity index (χ1n) is 10.3. The zero-order chi connectivity index (χ0) is 21.6. The van der Waals surface area contributed by atoms with Crippen LogP contribution < -0.4 is 20.4 Å². The molecule has 1 aromatic heterocycles. The van der Waals surface area contributed by atoms with Gasteiger partial charge in [-0.05, 0) is 56.2 Å². The molecule has 3 aromatic rings. The normalized spacial score (nSPS) is 13.5. The van der Waals surface area contributed by atoms with Crippen LogP contribution in [0.2, 0.25) is 0 Å². The van der Waals surface area contributed by atoms with Gasteiger partial charge in [-0.1, -0.05) is 30.3 Å². The molecule has 0 saturated carbocycles. The van der Waals surface area contributed by atoms with Crippen molar-refractivity contribution in [2.45, 2.75) is 19.8 Å². The van der Waals surface area contributed by atoms with Crippen molar-refractivity contribution in [2.75, 3.05) is 30.4 Å². The second-order valence-electron chi connectivity index (χ2n) is 7.29. The molecular formula is C23H26N6OS. The second kappa shape index (κ2) is 9.61. The Morgan fingerprint density at radius 2 is 1.81 bits per heavy atom. The Bertz CT molecular complexity index is 1070. The monoisotopic (exact) mass is 434 g/mol. The number of aromatic nitrogens is 2. The van der Waals surface area contributed by atoms with E-state index in [0.29, 0.717) is 10.9 Å². The van der Waals surface area contributed by atoms with E-state index in [1.165, 1.54) is 12.8 Å². The molecule has 8 heteroatoms. The lowest BCUT2D eigenvalue weighted by Crippen LogP contribution is -2.25. The molecule has 7 nitrogen and oxygen atoms in total. The Balaban J connectivity index is 1.55. The van der Waals surface area contributed by atoms with Crippen molar-refractivity contribution in [2.24, 2.45) is 5.10 Å². The van der Waals surface area contributed by atoms with Gasteiger partial charge in [0.15, 0.2) is 5.11 Å². The van der Waals surface area contributed by atoms with E-state index in [1.54, 1.807) is 13.3 Å². The topological polar surface area (TPSA) is 66.7 Å². The lowest BCUT2D eigenvalue weighted by molar-refractivity contribution is 0.417. The summed E-state index contributed by atoms with van der Waals surface area (Å²) in [7, 11) is 1.63. The van der Waals surface area contributed by atoms with Gasteiger partial charge >= 0.3 is 0 Å². The summed E-state index contributed by atoms with van der Waals surface area (Å²) < 4.78 is 7.36. The lowest BCUT2D eigenvalue weighted by atomic mass is 10.2. The number of nitrogens with zero attached hydrogens (tertiary/aromatic N) is 4. The molecule has 1 aliphatic rings. The van der Waals surface area contributed by atoms with E-state index in [-0.39, 0.29) is 0 Å². The van der Waals surface area contributed by atoms with Crippen molar-refractivity contribution in [1.29, 1.82) is 0 Å². The molecule has 1 fully saturated rings. The van der Waals surface area contributed by atoms with E-state index in [2.05, 4.69) is 32.9 Å². The van der Waals surface area contributed by atoms with Gasteiger partial charge in [0.1, 0.15) is 11.6 Å². The average molecular weight is 435 g/mol. The summed E-state index contributed by atoms with van der Waals surface area (Å²) in [4.78, 5) is 2.37. The molecule has 2 aromatic carbocycles. The van der Waals surface area contributed by atoms with Gasteiger partial charge in [0, 0.05) is 13.1 Å². The largest absolute Gasteiger partial charge is 0.495 e. The van der Waals surface area contributed by atoms with Crippen LogP contribution in [0.5, 0.6) is 5.75 Å². The summed E-state index contributed by atoms with van der Waals surface area (Å²) in [5, 5.41) is 12.7. The number of hydrogen-bond acceptors (Lipinski definition) is 5. The van der Waals surface area contributed by atoms with Crippen LogP contribution in [0.25, 0.3) is 5.69 Å². The number of nitrogens with one attached hydrogen (secondary N) is 2. The molecule has 0 aliphatic carbocycles. The average Bonchev–Trinajstić information content (AvgIpc) is 3.43. The molecule has 160 valence electrons. The maximum Gasteiger partial charge on any atom is 0.191 e. The maximum atomic E-state index is 5.39. The molecular weight excluding hydrogens is 408 g/mol. The molecule has 0 unspecified atom stereocenters. The highest BCUT2D eigenvalue weighted by Gasteiger charge is 2.23. The summed E-state index contributed by atoms with van der Waals surface area (Å²) >= 11 is 5.39. The van der Waals surface area contributed by atoms with E-state index in [4.69, 9.17) is 22.1 Å². The molecule has 0 spiro atoms. The molecule has 1 saturated heterocycles. The molecule has 2 N–H and O–H groups in total. The van der Waals surface area contributed by atoms with Gasteiger partial charge in [0.25, 0.3) is 0 Å². The molecule has 0 atom stereocenters. The fourth-order valence-electron chi connectivity index (χ4n) is 3.71. The Labute approximate surface area is 187 Å². The molecule has 2 heterocycles. The Kier molecular flexibility index (Phi) is 6.47. The van der Waals surface area contributed by atoms with Gasteiger partial charge in [-0.2, -0.15) is 10.2 Å². The van der Waals surface area contributed by atoms with Crippen molar-refractivity contribution in [3.05, 3.63) is 65.9 Å². The predicted molar refractivity (Wildman–Crippen MR) is 130 cm³/mol.